The van der Waals surface area contributed by atoms with Crippen molar-refractivity contribution in [2.24, 2.45) is 0 Å². The van der Waals surface area contributed by atoms with Crippen LogP contribution in [0.25, 0.3) is 0 Å². The monoisotopic (exact) mass is 270 g/mol. The molecule has 4 heteroatoms. The molecule has 0 amide bonds. The predicted molar refractivity (Wildman–Crippen MR) is 84.8 cm³/mol. The Kier molecular flexibility index (Phi) is 4.56. The summed E-state index contributed by atoms with van der Waals surface area (Å²) in [6.07, 6.45) is 2.29. The van der Waals surface area contributed by atoms with E-state index < -0.39 is 0 Å². The molecule has 0 aliphatic rings. The molecule has 2 N–H and O–H groups in total. The van der Waals surface area contributed by atoms with Crippen molar-refractivity contribution in [2.45, 2.75) is 33.6 Å². The van der Waals surface area contributed by atoms with Crippen LogP contribution in [-0.2, 0) is 6.42 Å². The molecule has 1 heterocycles. The summed E-state index contributed by atoms with van der Waals surface area (Å²) < 4.78 is 0. The molecule has 0 aliphatic heterocycles. The fourth-order valence-corrected chi connectivity index (χ4v) is 2.17. The lowest BCUT2D eigenvalue weighted by Crippen LogP contribution is -2.05. The lowest BCUT2D eigenvalue weighted by Gasteiger charge is -2.13. The van der Waals surface area contributed by atoms with Gasteiger partial charge in [0.2, 0.25) is 0 Å². The summed E-state index contributed by atoms with van der Waals surface area (Å²) in [5, 5.41) is 6.46. The van der Waals surface area contributed by atoms with Gasteiger partial charge in [0.25, 0.3) is 0 Å². The summed E-state index contributed by atoms with van der Waals surface area (Å²) in [5.41, 5.74) is 3.44. The molecule has 2 aromatic rings. The average molecular weight is 270 g/mol. The molecule has 0 saturated heterocycles. The minimum absolute atomic E-state index is 0.755. The summed E-state index contributed by atoms with van der Waals surface area (Å²) in [6, 6.07) is 8.52. The highest BCUT2D eigenvalue weighted by atomic mass is 15.1. The molecule has 106 valence electrons. The topological polar surface area (TPSA) is 49.8 Å². The van der Waals surface area contributed by atoms with E-state index in [1.807, 2.05) is 20.9 Å². The second-order valence-electron chi connectivity index (χ2n) is 4.91. The maximum atomic E-state index is 4.47. The van der Waals surface area contributed by atoms with Gasteiger partial charge in [0.05, 0.1) is 0 Å². The fraction of sp³-hybridized carbons (Fsp3) is 0.375. The van der Waals surface area contributed by atoms with Crippen LogP contribution >= 0.6 is 0 Å². The molecular weight excluding hydrogens is 248 g/mol. The zero-order valence-corrected chi connectivity index (χ0v) is 12.6. The molecule has 1 aromatic carbocycles. The van der Waals surface area contributed by atoms with Crippen molar-refractivity contribution in [1.82, 2.24) is 9.97 Å². The molecular formula is C16H22N4. The van der Waals surface area contributed by atoms with Crippen molar-refractivity contribution in [3.8, 4) is 0 Å². The predicted octanol–water partition coefficient (Wildman–Crippen LogP) is 3.83. The molecule has 1 aromatic heterocycles. The number of aryl methyl sites for hydroxylation is 2. The van der Waals surface area contributed by atoms with E-state index >= 15 is 0 Å². The van der Waals surface area contributed by atoms with Crippen LogP contribution < -0.4 is 10.6 Å². The number of hydrogen-bond donors (Lipinski definition) is 2. The molecule has 0 saturated carbocycles. The van der Waals surface area contributed by atoms with Gasteiger partial charge in [-0.05, 0) is 38.0 Å². The van der Waals surface area contributed by atoms with Crippen LogP contribution in [0, 0.1) is 13.8 Å². The highest BCUT2D eigenvalue weighted by Gasteiger charge is 2.08. The van der Waals surface area contributed by atoms with Crippen LogP contribution in [0.2, 0.25) is 0 Å². The Hall–Kier alpha value is -2.10. The first kappa shape index (κ1) is 14.3. The third-order valence-corrected chi connectivity index (χ3v) is 3.25. The van der Waals surface area contributed by atoms with Crippen LogP contribution in [0.15, 0.2) is 24.3 Å². The third kappa shape index (κ3) is 3.26. The van der Waals surface area contributed by atoms with Crippen molar-refractivity contribution in [3.63, 3.8) is 0 Å². The van der Waals surface area contributed by atoms with Crippen molar-refractivity contribution in [2.75, 3.05) is 17.7 Å². The standard InChI is InChI=1S/C16H22N4/c1-5-6-13-7-9-14(10-8-13)20-16-11(2)15(17-4)18-12(3)19-16/h7-10H,5-6H2,1-4H3,(H2,17,18,19,20). The normalized spacial score (nSPS) is 10.4. The Morgan fingerprint density at radius 3 is 2.25 bits per heavy atom. The first-order chi connectivity index (χ1) is 9.63. The third-order valence-electron chi connectivity index (χ3n) is 3.25. The van der Waals surface area contributed by atoms with Crippen molar-refractivity contribution in [3.05, 3.63) is 41.2 Å². The van der Waals surface area contributed by atoms with E-state index in [2.05, 4.69) is 51.8 Å². The number of rotatable bonds is 5. The second kappa shape index (κ2) is 6.37. The van der Waals surface area contributed by atoms with Crippen molar-refractivity contribution >= 4 is 17.3 Å². The van der Waals surface area contributed by atoms with Gasteiger partial charge in [0, 0.05) is 18.3 Å². The highest BCUT2D eigenvalue weighted by molar-refractivity contribution is 5.64. The van der Waals surface area contributed by atoms with Crippen LogP contribution in [0.4, 0.5) is 17.3 Å². The lowest BCUT2D eigenvalue weighted by molar-refractivity contribution is 0.922. The SMILES string of the molecule is CCCc1ccc(Nc2nc(C)nc(NC)c2C)cc1. The Morgan fingerprint density at radius 1 is 1.00 bits per heavy atom. The van der Waals surface area contributed by atoms with E-state index in [0.717, 1.165) is 35.1 Å². The van der Waals surface area contributed by atoms with Gasteiger partial charge < -0.3 is 10.6 Å². The van der Waals surface area contributed by atoms with Gasteiger partial charge in [-0.15, -0.1) is 0 Å². The molecule has 20 heavy (non-hydrogen) atoms. The van der Waals surface area contributed by atoms with Gasteiger partial charge in [-0.25, -0.2) is 9.97 Å². The van der Waals surface area contributed by atoms with E-state index in [0.29, 0.717) is 0 Å². The maximum Gasteiger partial charge on any atom is 0.139 e. The minimum Gasteiger partial charge on any atom is -0.373 e. The Bertz CT molecular complexity index is 576. The minimum atomic E-state index is 0.755. The van der Waals surface area contributed by atoms with E-state index in [4.69, 9.17) is 0 Å². The largest absolute Gasteiger partial charge is 0.373 e. The highest BCUT2D eigenvalue weighted by Crippen LogP contribution is 2.23. The molecule has 4 nitrogen and oxygen atoms in total. The van der Waals surface area contributed by atoms with Gasteiger partial charge in [0.15, 0.2) is 0 Å². The van der Waals surface area contributed by atoms with Gasteiger partial charge in [-0.3, -0.25) is 0 Å². The Balaban J connectivity index is 2.23. The Morgan fingerprint density at radius 2 is 1.65 bits per heavy atom. The summed E-state index contributed by atoms with van der Waals surface area (Å²) in [7, 11) is 1.87. The molecule has 0 atom stereocenters. The van der Waals surface area contributed by atoms with E-state index in [1.54, 1.807) is 0 Å². The van der Waals surface area contributed by atoms with Gasteiger partial charge >= 0.3 is 0 Å². The van der Waals surface area contributed by atoms with Crippen LogP contribution in [0.3, 0.4) is 0 Å². The molecule has 0 bridgehead atoms. The maximum absolute atomic E-state index is 4.47. The smallest absolute Gasteiger partial charge is 0.139 e. The van der Waals surface area contributed by atoms with Gasteiger partial charge in [-0.1, -0.05) is 25.5 Å². The number of hydrogen-bond acceptors (Lipinski definition) is 4. The first-order valence-electron chi connectivity index (χ1n) is 7.03. The van der Waals surface area contributed by atoms with Crippen LogP contribution in [0.1, 0.15) is 30.3 Å². The summed E-state index contributed by atoms with van der Waals surface area (Å²) in [6.45, 7) is 6.10. The van der Waals surface area contributed by atoms with Gasteiger partial charge in [-0.2, -0.15) is 0 Å². The summed E-state index contributed by atoms with van der Waals surface area (Å²) in [4.78, 5) is 8.84. The molecule has 0 unspecified atom stereocenters. The number of aromatic nitrogens is 2. The quantitative estimate of drug-likeness (QED) is 0.867. The summed E-state index contributed by atoms with van der Waals surface area (Å²) >= 11 is 0. The average Bonchev–Trinajstić information content (AvgIpc) is 2.45. The van der Waals surface area contributed by atoms with E-state index in [9.17, 15) is 0 Å². The van der Waals surface area contributed by atoms with E-state index in [1.165, 1.54) is 12.0 Å². The van der Waals surface area contributed by atoms with Crippen molar-refractivity contribution in [1.29, 1.82) is 0 Å². The molecule has 0 radical (unpaired) electrons. The first-order valence-corrected chi connectivity index (χ1v) is 7.03. The number of anilines is 3. The number of nitrogens with zero attached hydrogens (tertiary/aromatic N) is 2. The number of benzene rings is 1. The van der Waals surface area contributed by atoms with Crippen molar-refractivity contribution < 1.29 is 0 Å². The van der Waals surface area contributed by atoms with E-state index in [-0.39, 0.29) is 0 Å². The number of nitrogens with one attached hydrogen (secondary N) is 2. The van der Waals surface area contributed by atoms with Crippen LogP contribution in [-0.4, -0.2) is 17.0 Å². The second-order valence-corrected chi connectivity index (χ2v) is 4.91. The zero-order chi connectivity index (χ0) is 14.5. The molecule has 2 rings (SSSR count). The molecule has 0 spiro atoms. The summed E-state index contributed by atoms with van der Waals surface area (Å²) in [5.74, 6) is 2.47. The van der Waals surface area contributed by atoms with Gasteiger partial charge in [0.1, 0.15) is 17.5 Å². The van der Waals surface area contributed by atoms with Crippen LogP contribution in [0.5, 0.6) is 0 Å². The lowest BCUT2D eigenvalue weighted by atomic mass is 10.1. The zero-order valence-electron chi connectivity index (χ0n) is 12.6. The Labute approximate surface area is 120 Å². The fourth-order valence-electron chi connectivity index (χ4n) is 2.17. The molecule has 0 aliphatic carbocycles. The molecule has 0 fully saturated rings.